The first-order valence-corrected chi connectivity index (χ1v) is 6.59. The first-order valence-electron chi connectivity index (χ1n) is 2.60. The van der Waals surface area contributed by atoms with E-state index in [1.807, 2.05) is 24.6 Å². The van der Waals surface area contributed by atoms with Crippen LogP contribution in [-0.4, -0.2) is 22.8 Å². The molecule has 60 valence electrons. The second-order valence-electron chi connectivity index (χ2n) is 1.33. The van der Waals surface area contributed by atoms with Crippen molar-refractivity contribution in [2.75, 3.05) is 18.4 Å². The Labute approximate surface area is 89.2 Å². The van der Waals surface area contributed by atoms with Gasteiger partial charge in [0, 0.05) is 5.88 Å². The van der Waals surface area contributed by atoms with Gasteiger partial charge in [-0.25, -0.2) is 0 Å². The van der Waals surface area contributed by atoms with Gasteiger partial charge in [0.15, 0.2) is 0 Å². The van der Waals surface area contributed by atoms with Crippen LogP contribution in [0.2, 0.25) is 0 Å². The molecule has 0 aromatic rings. The van der Waals surface area contributed by atoms with Crippen LogP contribution in [0, 0.1) is 0 Å². The van der Waals surface area contributed by atoms with Gasteiger partial charge in [0.2, 0.25) is 0 Å². The van der Waals surface area contributed by atoms with Crippen molar-refractivity contribution in [1.29, 1.82) is 0 Å². The van der Waals surface area contributed by atoms with Crippen molar-refractivity contribution < 1.29 is 0 Å². The van der Waals surface area contributed by atoms with Crippen LogP contribution in [0.15, 0.2) is 12.1 Å². The van der Waals surface area contributed by atoms with Crippen LogP contribution in [0.5, 0.6) is 0 Å². The SMILES string of the molecule is CSC.ClC/C=C/B(Br)Br. The second kappa shape index (κ2) is 13.0. The average Bonchev–Trinajstić information content (AvgIpc) is 1.85. The summed E-state index contributed by atoms with van der Waals surface area (Å²) in [6.07, 6.45) is 5.95. The fourth-order valence-corrected chi connectivity index (χ4v) is 0.689. The van der Waals surface area contributed by atoms with Crippen molar-refractivity contribution in [3.63, 3.8) is 0 Å². The number of thioether (sulfide) groups is 1. The van der Waals surface area contributed by atoms with E-state index in [0.29, 0.717) is 5.88 Å². The molecule has 0 aliphatic carbocycles. The minimum absolute atomic E-state index is 0.263. The van der Waals surface area contributed by atoms with E-state index in [2.05, 4.69) is 31.5 Å². The van der Waals surface area contributed by atoms with Crippen LogP contribution < -0.4 is 0 Å². The summed E-state index contributed by atoms with van der Waals surface area (Å²) in [5, 5.41) is 0. The van der Waals surface area contributed by atoms with Gasteiger partial charge in [-0.2, -0.15) is 11.8 Å². The van der Waals surface area contributed by atoms with Crippen molar-refractivity contribution in [1.82, 2.24) is 0 Å². The van der Waals surface area contributed by atoms with Crippen LogP contribution in [0.4, 0.5) is 0 Å². The van der Waals surface area contributed by atoms with E-state index in [1.54, 1.807) is 11.8 Å². The topological polar surface area (TPSA) is 0 Å². The van der Waals surface area contributed by atoms with Crippen molar-refractivity contribution in [2.24, 2.45) is 0 Å². The van der Waals surface area contributed by atoms with Crippen molar-refractivity contribution >= 4 is 59.2 Å². The second-order valence-corrected chi connectivity index (χ2v) is 5.65. The molecular formula is C5H10BBr2ClS. The van der Waals surface area contributed by atoms with E-state index in [-0.39, 0.29) is 4.36 Å². The Hall–Kier alpha value is 1.40. The molecule has 0 N–H and O–H groups in total. The Kier molecular flexibility index (Phi) is 18.2. The number of rotatable bonds is 2. The summed E-state index contributed by atoms with van der Waals surface area (Å²) in [5.41, 5.74) is 0. The summed E-state index contributed by atoms with van der Waals surface area (Å²) in [6, 6.07) is 0. The highest BCUT2D eigenvalue weighted by atomic mass is 79.9. The van der Waals surface area contributed by atoms with Gasteiger partial charge in [-0.1, -0.05) is 12.1 Å². The van der Waals surface area contributed by atoms with E-state index >= 15 is 0 Å². The summed E-state index contributed by atoms with van der Waals surface area (Å²) >= 11 is 13.6. The summed E-state index contributed by atoms with van der Waals surface area (Å²) in [4.78, 5) is 0. The normalized spacial score (nSPS) is 8.90. The Morgan fingerprint density at radius 2 is 1.90 bits per heavy atom. The zero-order chi connectivity index (χ0) is 8.41. The summed E-state index contributed by atoms with van der Waals surface area (Å²) in [6.45, 7) is 0. The molecule has 0 saturated heterocycles. The number of halogens is 3. The molecule has 0 rings (SSSR count). The van der Waals surface area contributed by atoms with E-state index in [4.69, 9.17) is 11.6 Å². The standard InChI is InChI=1S/C3H4BBr2Cl.C2H6S/c5-4(6)2-1-3-7;1-3-2/h1-2H,3H2;1-2H3/b2-1+;. The van der Waals surface area contributed by atoms with Crippen LogP contribution in [0.3, 0.4) is 0 Å². The molecule has 0 heterocycles. The summed E-state index contributed by atoms with van der Waals surface area (Å²) in [5.74, 6) is 2.50. The van der Waals surface area contributed by atoms with Gasteiger partial charge in [-0.05, 0) is 12.5 Å². The number of hydrogen-bond acceptors (Lipinski definition) is 1. The highest BCUT2D eigenvalue weighted by Gasteiger charge is 1.92. The molecule has 0 saturated carbocycles. The molecule has 0 radical (unpaired) electrons. The van der Waals surface area contributed by atoms with E-state index in [9.17, 15) is 0 Å². The quantitative estimate of drug-likeness (QED) is 0.555. The van der Waals surface area contributed by atoms with Gasteiger partial charge in [0.05, 0.1) is 0 Å². The average molecular weight is 308 g/mol. The molecule has 0 amide bonds. The van der Waals surface area contributed by atoms with Gasteiger partial charge in [-0.15, -0.1) is 43.1 Å². The highest BCUT2D eigenvalue weighted by molar-refractivity contribution is 9.49. The summed E-state index contributed by atoms with van der Waals surface area (Å²) in [7, 11) is 0. The number of hydrogen-bond donors (Lipinski definition) is 0. The molecule has 5 heteroatoms. The third-order valence-electron chi connectivity index (χ3n) is 0.371. The van der Waals surface area contributed by atoms with Gasteiger partial charge >= 0.3 is 4.36 Å². The van der Waals surface area contributed by atoms with E-state index in [0.717, 1.165) is 0 Å². The lowest BCUT2D eigenvalue weighted by Gasteiger charge is -1.78. The first-order chi connectivity index (χ1) is 4.68. The predicted octanol–water partition coefficient (Wildman–Crippen LogP) is 3.58. The van der Waals surface area contributed by atoms with Crippen molar-refractivity contribution in [2.45, 2.75) is 0 Å². The van der Waals surface area contributed by atoms with Crippen molar-refractivity contribution in [3.05, 3.63) is 12.1 Å². The largest absolute Gasteiger partial charge is 0.322 e. The maximum absolute atomic E-state index is 5.32. The molecule has 0 aliphatic rings. The Morgan fingerprint density at radius 3 is 2.00 bits per heavy atom. The molecular weight excluding hydrogens is 298 g/mol. The van der Waals surface area contributed by atoms with Crippen molar-refractivity contribution in [3.8, 4) is 0 Å². The number of allylic oxidation sites excluding steroid dienone is 1. The maximum Gasteiger partial charge on any atom is 0.322 e. The Bertz CT molecular complexity index is 80.0. The lowest BCUT2D eigenvalue weighted by molar-refractivity contribution is 1.79. The maximum atomic E-state index is 5.32. The highest BCUT2D eigenvalue weighted by Crippen LogP contribution is 2.02. The fraction of sp³-hybridized carbons (Fsp3) is 0.600. The fourth-order valence-electron chi connectivity index (χ4n) is 0.154. The smallest absolute Gasteiger partial charge is 0.169 e. The molecule has 0 unspecified atom stereocenters. The first kappa shape index (κ1) is 14.0. The third-order valence-corrected chi connectivity index (χ3v) is 1.16. The molecule has 0 aromatic carbocycles. The lowest BCUT2D eigenvalue weighted by atomic mass is 10.1. The molecule has 0 atom stereocenters. The number of alkyl halides is 1. The molecule has 0 aromatic heterocycles. The predicted molar refractivity (Wildman–Crippen MR) is 62.9 cm³/mol. The van der Waals surface area contributed by atoms with Gasteiger partial charge in [0.1, 0.15) is 0 Å². The van der Waals surface area contributed by atoms with Crippen LogP contribution in [0.25, 0.3) is 0 Å². The molecule has 0 nitrogen and oxygen atoms in total. The van der Waals surface area contributed by atoms with Gasteiger partial charge < -0.3 is 0 Å². The van der Waals surface area contributed by atoms with Crippen LogP contribution in [-0.2, 0) is 0 Å². The molecule has 0 spiro atoms. The molecule has 0 fully saturated rings. The molecule has 10 heavy (non-hydrogen) atoms. The van der Waals surface area contributed by atoms with E-state index < -0.39 is 0 Å². The molecule has 0 bridgehead atoms. The van der Waals surface area contributed by atoms with Gasteiger partial charge in [0.25, 0.3) is 0 Å². The lowest BCUT2D eigenvalue weighted by Crippen LogP contribution is -1.80. The van der Waals surface area contributed by atoms with Gasteiger partial charge in [-0.3, -0.25) is 0 Å². The van der Waals surface area contributed by atoms with Crippen LogP contribution >= 0.6 is 54.9 Å². The summed E-state index contributed by atoms with van der Waals surface area (Å²) < 4.78 is 0.263. The zero-order valence-corrected chi connectivity index (χ0v) is 10.7. The zero-order valence-electron chi connectivity index (χ0n) is 5.98. The minimum atomic E-state index is 0.263. The Balaban J connectivity index is 0. The molecule has 0 aliphatic heterocycles. The van der Waals surface area contributed by atoms with Crippen LogP contribution in [0.1, 0.15) is 0 Å². The minimum Gasteiger partial charge on any atom is -0.169 e. The van der Waals surface area contributed by atoms with E-state index in [1.165, 1.54) is 0 Å². The Morgan fingerprint density at radius 1 is 1.50 bits per heavy atom. The monoisotopic (exact) mass is 306 g/mol. The third kappa shape index (κ3) is 22.7.